The van der Waals surface area contributed by atoms with Gasteiger partial charge in [-0.25, -0.2) is 0 Å². The van der Waals surface area contributed by atoms with Gasteiger partial charge in [0.1, 0.15) is 11.4 Å². The standard InChI is InChI=1S/C18H16N2O2/c1-3-13-5-9-15(10-6-13)17(19-21)18(20-22)16-11-7-14(4-2)8-12-16/h3-12,21-22H,1-2H2. The summed E-state index contributed by atoms with van der Waals surface area (Å²) in [5.74, 6) is 0. The van der Waals surface area contributed by atoms with E-state index in [4.69, 9.17) is 0 Å². The minimum absolute atomic E-state index is 0.185. The molecule has 0 aromatic heterocycles. The van der Waals surface area contributed by atoms with E-state index in [-0.39, 0.29) is 11.4 Å². The molecule has 0 aliphatic rings. The first-order valence-electron chi connectivity index (χ1n) is 6.63. The molecule has 4 heteroatoms. The Hall–Kier alpha value is -3.14. The second-order valence-electron chi connectivity index (χ2n) is 4.55. The van der Waals surface area contributed by atoms with E-state index in [0.717, 1.165) is 11.1 Å². The van der Waals surface area contributed by atoms with Crippen LogP contribution in [0.25, 0.3) is 12.2 Å². The van der Waals surface area contributed by atoms with Crippen molar-refractivity contribution in [3.8, 4) is 0 Å². The van der Waals surface area contributed by atoms with Crippen molar-refractivity contribution in [2.75, 3.05) is 0 Å². The van der Waals surface area contributed by atoms with Crippen LogP contribution >= 0.6 is 0 Å². The first-order chi connectivity index (χ1) is 10.7. The highest BCUT2D eigenvalue weighted by atomic mass is 16.4. The molecule has 0 radical (unpaired) electrons. The Labute approximate surface area is 129 Å². The van der Waals surface area contributed by atoms with Gasteiger partial charge in [0.25, 0.3) is 0 Å². The van der Waals surface area contributed by atoms with Crippen molar-refractivity contribution in [1.82, 2.24) is 0 Å². The van der Waals surface area contributed by atoms with E-state index in [9.17, 15) is 10.4 Å². The topological polar surface area (TPSA) is 65.2 Å². The Kier molecular flexibility index (Phi) is 4.88. The molecule has 0 aliphatic heterocycles. The van der Waals surface area contributed by atoms with Gasteiger partial charge in [0, 0.05) is 11.1 Å². The first kappa shape index (κ1) is 15.3. The Bertz CT molecular complexity index is 661. The fourth-order valence-corrected chi connectivity index (χ4v) is 2.04. The Morgan fingerprint density at radius 3 is 1.23 bits per heavy atom. The predicted molar refractivity (Wildman–Crippen MR) is 89.7 cm³/mol. The first-order valence-corrected chi connectivity index (χ1v) is 6.63. The Morgan fingerprint density at radius 1 is 0.682 bits per heavy atom. The average molecular weight is 292 g/mol. The van der Waals surface area contributed by atoms with Crippen molar-refractivity contribution >= 4 is 23.6 Å². The number of nitrogens with zero attached hydrogens (tertiary/aromatic N) is 2. The van der Waals surface area contributed by atoms with Gasteiger partial charge in [0.05, 0.1) is 0 Å². The molecule has 2 N–H and O–H groups in total. The summed E-state index contributed by atoms with van der Waals surface area (Å²) in [7, 11) is 0. The Morgan fingerprint density at radius 2 is 1.00 bits per heavy atom. The molecule has 0 amide bonds. The number of rotatable bonds is 5. The molecule has 4 nitrogen and oxygen atoms in total. The van der Waals surface area contributed by atoms with Crippen LogP contribution in [0.3, 0.4) is 0 Å². The molecule has 2 aromatic rings. The maximum absolute atomic E-state index is 9.33. The minimum atomic E-state index is 0.185. The van der Waals surface area contributed by atoms with Crippen LogP contribution in [0.15, 0.2) is 72.0 Å². The number of hydrogen-bond acceptors (Lipinski definition) is 4. The lowest BCUT2D eigenvalue weighted by Gasteiger charge is -2.08. The van der Waals surface area contributed by atoms with Crippen molar-refractivity contribution in [2.45, 2.75) is 0 Å². The second kappa shape index (κ2) is 7.04. The minimum Gasteiger partial charge on any atom is -0.410 e. The van der Waals surface area contributed by atoms with Gasteiger partial charge < -0.3 is 10.4 Å². The second-order valence-corrected chi connectivity index (χ2v) is 4.55. The van der Waals surface area contributed by atoms with Crippen LogP contribution < -0.4 is 0 Å². The van der Waals surface area contributed by atoms with E-state index in [1.165, 1.54) is 0 Å². The fourth-order valence-electron chi connectivity index (χ4n) is 2.04. The summed E-state index contributed by atoms with van der Waals surface area (Å²) in [5, 5.41) is 25.2. The molecule has 2 rings (SSSR count). The molecule has 0 saturated carbocycles. The van der Waals surface area contributed by atoms with E-state index < -0.39 is 0 Å². The largest absolute Gasteiger partial charge is 0.410 e. The summed E-state index contributed by atoms with van der Waals surface area (Å²) in [6.45, 7) is 7.38. The van der Waals surface area contributed by atoms with Crippen LogP contribution in [-0.4, -0.2) is 21.8 Å². The van der Waals surface area contributed by atoms with Crippen LogP contribution in [0.4, 0.5) is 0 Å². The third-order valence-corrected chi connectivity index (χ3v) is 3.26. The van der Waals surface area contributed by atoms with Gasteiger partial charge in [-0.2, -0.15) is 0 Å². The van der Waals surface area contributed by atoms with Gasteiger partial charge in [-0.05, 0) is 11.1 Å². The van der Waals surface area contributed by atoms with E-state index in [1.54, 1.807) is 36.4 Å². The van der Waals surface area contributed by atoms with Crippen LogP contribution in [0.5, 0.6) is 0 Å². The molecule has 0 aliphatic carbocycles. The maximum Gasteiger partial charge on any atom is 0.139 e. The third kappa shape index (κ3) is 3.12. The lowest BCUT2D eigenvalue weighted by molar-refractivity contribution is 0.314. The third-order valence-electron chi connectivity index (χ3n) is 3.26. The van der Waals surface area contributed by atoms with Crippen LogP contribution in [-0.2, 0) is 0 Å². The highest BCUT2D eigenvalue weighted by molar-refractivity contribution is 6.53. The summed E-state index contributed by atoms with van der Waals surface area (Å²) in [4.78, 5) is 0. The zero-order valence-corrected chi connectivity index (χ0v) is 12.0. The van der Waals surface area contributed by atoms with Crippen molar-refractivity contribution in [3.63, 3.8) is 0 Å². The molecule has 0 unspecified atom stereocenters. The highest BCUT2D eigenvalue weighted by Gasteiger charge is 2.15. The van der Waals surface area contributed by atoms with Gasteiger partial charge >= 0.3 is 0 Å². The molecule has 0 fully saturated rings. The summed E-state index contributed by atoms with van der Waals surface area (Å²) >= 11 is 0. The highest BCUT2D eigenvalue weighted by Crippen LogP contribution is 2.13. The van der Waals surface area contributed by atoms with Crippen LogP contribution in [0, 0.1) is 0 Å². The molecule has 0 heterocycles. The smallest absolute Gasteiger partial charge is 0.139 e. The van der Waals surface area contributed by atoms with Crippen molar-refractivity contribution in [1.29, 1.82) is 0 Å². The SMILES string of the molecule is C=Cc1ccc(C(=NO)C(=NO)c2ccc(C=C)cc2)cc1. The molecule has 0 saturated heterocycles. The lowest BCUT2D eigenvalue weighted by atomic mass is 9.98. The number of benzene rings is 2. The van der Waals surface area contributed by atoms with E-state index in [0.29, 0.717) is 11.1 Å². The zero-order chi connectivity index (χ0) is 15.9. The molecular weight excluding hydrogens is 276 g/mol. The molecule has 0 bridgehead atoms. The van der Waals surface area contributed by atoms with Crippen molar-refractivity contribution in [3.05, 3.63) is 83.9 Å². The van der Waals surface area contributed by atoms with E-state index in [1.807, 2.05) is 24.3 Å². The number of oxime groups is 2. The van der Waals surface area contributed by atoms with Gasteiger partial charge in [-0.1, -0.05) is 84.2 Å². The van der Waals surface area contributed by atoms with Gasteiger partial charge in [-0.3, -0.25) is 0 Å². The number of hydrogen-bond donors (Lipinski definition) is 2. The van der Waals surface area contributed by atoms with Gasteiger partial charge in [-0.15, -0.1) is 0 Å². The lowest BCUT2D eigenvalue weighted by Crippen LogP contribution is -2.17. The molecule has 0 spiro atoms. The zero-order valence-electron chi connectivity index (χ0n) is 12.0. The summed E-state index contributed by atoms with van der Waals surface area (Å²) < 4.78 is 0. The van der Waals surface area contributed by atoms with Crippen LogP contribution in [0.1, 0.15) is 22.3 Å². The van der Waals surface area contributed by atoms with Crippen LogP contribution in [0.2, 0.25) is 0 Å². The molecule has 110 valence electrons. The predicted octanol–water partition coefficient (Wildman–Crippen LogP) is 4.03. The van der Waals surface area contributed by atoms with Gasteiger partial charge in [0.15, 0.2) is 0 Å². The Balaban J connectivity index is 2.42. The molecule has 22 heavy (non-hydrogen) atoms. The van der Waals surface area contributed by atoms with E-state index in [2.05, 4.69) is 23.5 Å². The summed E-state index contributed by atoms with van der Waals surface area (Å²) in [6.07, 6.45) is 3.43. The monoisotopic (exact) mass is 292 g/mol. The molecule has 2 aromatic carbocycles. The maximum atomic E-state index is 9.33. The molecule has 0 atom stereocenters. The van der Waals surface area contributed by atoms with Crippen molar-refractivity contribution in [2.24, 2.45) is 10.3 Å². The average Bonchev–Trinajstić information content (AvgIpc) is 2.60. The summed E-state index contributed by atoms with van der Waals surface area (Å²) in [5.41, 5.74) is 3.52. The summed E-state index contributed by atoms with van der Waals surface area (Å²) in [6, 6.07) is 14.4. The molecular formula is C18H16N2O2. The normalized spacial score (nSPS) is 12.0. The fraction of sp³-hybridized carbons (Fsp3) is 0. The van der Waals surface area contributed by atoms with Crippen molar-refractivity contribution < 1.29 is 10.4 Å². The van der Waals surface area contributed by atoms with Gasteiger partial charge in [0.2, 0.25) is 0 Å². The van der Waals surface area contributed by atoms with E-state index >= 15 is 0 Å². The quantitative estimate of drug-likeness (QED) is 0.496.